The van der Waals surface area contributed by atoms with E-state index in [9.17, 15) is 23.3 Å². The van der Waals surface area contributed by atoms with E-state index in [0.29, 0.717) is 12.6 Å². The molecule has 1 atom stereocenters. The molecule has 2 aliphatic heterocycles. The molecular weight excluding hydrogens is 375 g/mol. The van der Waals surface area contributed by atoms with Crippen molar-refractivity contribution in [2.45, 2.75) is 57.3 Å². The molecule has 0 amide bonds. The van der Waals surface area contributed by atoms with Crippen LogP contribution in [0.3, 0.4) is 0 Å². The van der Waals surface area contributed by atoms with Crippen LogP contribution < -0.4 is 4.90 Å². The van der Waals surface area contributed by atoms with E-state index in [4.69, 9.17) is 0 Å². The van der Waals surface area contributed by atoms with Crippen molar-refractivity contribution < 1.29 is 18.1 Å². The van der Waals surface area contributed by atoms with Crippen molar-refractivity contribution >= 4 is 11.4 Å². The van der Waals surface area contributed by atoms with Crippen LogP contribution in [-0.2, 0) is 19.1 Å². The Morgan fingerprint density at radius 1 is 1.11 bits per heavy atom. The van der Waals surface area contributed by atoms with Crippen molar-refractivity contribution in [2.24, 2.45) is 0 Å². The third-order valence-corrected chi connectivity index (χ3v) is 5.50. The number of aryl methyl sites for hydroxylation is 1. The summed E-state index contributed by atoms with van der Waals surface area (Å²) in [6.07, 6.45) is 0.767. The molecule has 1 aromatic carbocycles. The summed E-state index contributed by atoms with van der Waals surface area (Å²) in [4.78, 5) is 12.6. The molecule has 1 fully saturated rings. The van der Waals surface area contributed by atoms with Crippen LogP contribution in [0.1, 0.15) is 55.4 Å². The predicted molar refractivity (Wildman–Crippen MR) is 95.0 cm³/mol. The van der Waals surface area contributed by atoms with E-state index in [0.717, 1.165) is 62.8 Å². The van der Waals surface area contributed by atoms with Gasteiger partial charge in [0.25, 0.3) is 5.69 Å². The topological polar surface area (TPSA) is 77.1 Å². The number of alkyl halides is 3. The Balaban J connectivity index is 1.76. The lowest BCUT2D eigenvalue weighted by Gasteiger charge is -2.37. The first kappa shape index (κ1) is 18.7. The number of anilines is 1. The number of nitro benzene ring substituents is 1. The SMILES string of the molecule is O=[N+]([O-])c1cc(C(F)(F)F)ccc1N1CCCCC1c1nnc2n1CCCC2. The second-order valence-corrected chi connectivity index (χ2v) is 7.25. The van der Waals surface area contributed by atoms with Crippen LogP contribution >= 0.6 is 0 Å². The van der Waals surface area contributed by atoms with Crippen LogP contribution in [0.15, 0.2) is 18.2 Å². The van der Waals surface area contributed by atoms with Gasteiger partial charge in [-0.15, -0.1) is 10.2 Å². The van der Waals surface area contributed by atoms with E-state index in [2.05, 4.69) is 14.8 Å². The summed E-state index contributed by atoms with van der Waals surface area (Å²) in [5.74, 6) is 1.66. The summed E-state index contributed by atoms with van der Waals surface area (Å²) < 4.78 is 41.2. The first-order chi connectivity index (χ1) is 13.4. The predicted octanol–water partition coefficient (Wildman–Crippen LogP) is 4.27. The number of hydrogen-bond acceptors (Lipinski definition) is 5. The standard InChI is InChI=1S/C18H20F3N5O2/c19-18(20,21)12-7-8-13(15(11-12)26(27)28)24-9-3-1-5-14(24)17-23-22-16-6-2-4-10-25(16)17/h7-8,11,14H,1-6,9-10H2. The molecule has 0 saturated carbocycles. The quantitative estimate of drug-likeness (QED) is 0.573. The van der Waals surface area contributed by atoms with Gasteiger partial charge in [-0.2, -0.15) is 13.2 Å². The van der Waals surface area contributed by atoms with Crippen molar-refractivity contribution in [1.29, 1.82) is 0 Å². The molecule has 0 aliphatic carbocycles. The summed E-state index contributed by atoms with van der Waals surface area (Å²) >= 11 is 0. The first-order valence-electron chi connectivity index (χ1n) is 9.40. The minimum absolute atomic E-state index is 0.204. The van der Waals surface area contributed by atoms with Crippen LogP contribution in [-0.4, -0.2) is 26.2 Å². The fourth-order valence-corrected chi connectivity index (χ4v) is 4.15. The summed E-state index contributed by atoms with van der Waals surface area (Å²) in [5, 5.41) is 20.2. The number of nitrogens with zero attached hydrogens (tertiary/aromatic N) is 5. The molecule has 28 heavy (non-hydrogen) atoms. The fourth-order valence-electron chi connectivity index (χ4n) is 4.15. The number of aromatic nitrogens is 3. The lowest BCUT2D eigenvalue weighted by Crippen LogP contribution is -2.36. The third-order valence-electron chi connectivity index (χ3n) is 5.50. The normalized spacial score (nSPS) is 20.1. The molecule has 0 bridgehead atoms. The number of benzene rings is 1. The molecule has 3 heterocycles. The van der Waals surface area contributed by atoms with Gasteiger partial charge in [-0.1, -0.05) is 0 Å². The van der Waals surface area contributed by atoms with E-state index in [1.54, 1.807) is 0 Å². The van der Waals surface area contributed by atoms with Gasteiger partial charge in [0.15, 0.2) is 5.82 Å². The maximum Gasteiger partial charge on any atom is 0.416 e. The van der Waals surface area contributed by atoms with E-state index in [-0.39, 0.29) is 11.7 Å². The Morgan fingerprint density at radius 2 is 1.89 bits per heavy atom. The van der Waals surface area contributed by atoms with Gasteiger partial charge in [-0.05, 0) is 44.2 Å². The monoisotopic (exact) mass is 395 g/mol. The van der Waals surface area contributed by atoms with E-state index in [1.807, 2.05) is 4.90 Å². The molecular formula is C18H20F3N5O2. The zero-order valence-corrected chi connectivity index (χ0v) is 15.2. The highest BCUT2D eigenvalue weighted by Crippen LogP contribution is 2.42. The molecule has 0 spiro atoms. The van der Waals surface area contributed by atoms with Crippen LogP contribution in [0.5, 0.6) is 0 Å². The molecule has 1 unspecified atom stereocenters. The molecule has 0 N–H and O–H groups in total. The van der Waals surface area contributed by atoms with Gasteiger partial charge in [-0.3, -0.25) is 10.1 Å². The molecule has 2 aliphatic rings. The molecule has 10 heteroatoms. The van der Waals surface area contributed by atoms with Crippen molar-refractivity contribution in [3.63, 3.8) is 0 Å². The number of nitro groups is 1. The van der Waals surface area contributed by atoms with Crippen LogP contribution in [0, 0.1) is 10.1 Å². The molecule has 150 valence electrons. The maximum atomic E-state index is 13.0. The maximum absolute atomic E-state index is 13.0. The van der Waals surface area contributed by atoms with Gasteiger partial charge in [0.2, 0.25) is 0 Å². The van der Waals surface area contributed by atoms with Crippen LogP contribution in [0.4, 0.5) is 24.5 Å². The van der Waals surface area contributed by atoms with Crippen LogP contribution in [0.2, 0.25) is 0 Å². The summed E-state index contributed by atoms with van der Waals surface area (Å²) in [6, 6.07) is 2.52. The first-order valence-corrected chi connectivity index (χ1v) is 9.40. The number of hydrogen-bond donors (Lipinski definition) is 0. The number of piperidine rings is 1. The number of rotatable bonds is 3. The lowest BCUT2D eigenvalue weighted by molar-refractivity contribution is -0.384. The van der Waals surface area contributed by atoms with Gasteiger partial charge in [-0.25, -0.2) is 0 Å². The average Bonchev–Trinajstić information content (AvgIpc) is 3.11. The zero-order valence-electron chi connectivity index (χ0n) is 15.2. The Bertz CT molecular complexity index is 896. The molecule has 0 radical (unpaired) electrons. The fraction of sp³-hybridized carbons (Fsp3) is 0.556. The van der Waals surface area contributed by atoms with Gasteiger partial charge >= 0.3 is 6.18 Å². The minimum Gasteiger partial charge on any atom is -0.356 e. The highest BCUT2D eigenvalue weighted by atomic mass is 19.4. The second-order valence-electron chi connectivity index (χ2n) is 7.25. The Hall–Kier alpha value is -2.65. The van der Waals surface area contributed by atoms with Crippen LogP contribution in [0.25, 0.3) is 0 Å². The van der Waals surface area contributed by atoms with Crippen molar-refractivity contribution in [1.82, 2.24) is 14.8 Å². The second kappa shape index (κ2) is 7.06. The zero-order chi connectivity index (χ0) is 19.9. The lowest BCUT2D eigenvalue weighted by atomic mass is 9.99. The molecule has 7 nitrogen and oxygen atoms in total. The Morgan fingerprint density at radius 3 is 2.64 bits per heavy atom. The Kier molecular flexibility index (Phi) is 4.72. The average molecular weight is 395 g/mol. The summed E-state index contributed by atoms with van der Waals surface area (Å²) in [6.45, 7) is 1.33. The molecule has 2 aromatic rings. The molecule has 1 aromatic heterocycles. The third kappa shape index (κ3) is 3.31. The van der Waals surface area contributed by atoms with Crippen molar-refractivity contribution in [3.8, 4) is 0 Å². The van der Waals surface area contributed by atoms with Crippen molar-refractivity contribution in [3.05, 3.63) is 45.5 Å². The highest BCUT2D eigenvalue weighted by molar-refractivity contribution is 5.65. The number of fused-ring (bicyclic) bond motifs is 1. The van der Waals surface area contributed by atoms with Gasteiger partial charge < -0.3 is 9.47 Å². The largest absolute Gasteiger partial charge is 0.416 e. The van der Waals surface area contributed by atoms with E-state index < -0.39 is 22.4 Å². The summed E-state index contributed by atoms with van der Waals surface area (Å²) in [5.41, 5.74) is -1.34. The van der Waals surface area contributed by atoms with Crippen molar-refractivity contribution in [2.75, 3.05) is 11.4 Å². The summed E-state index contributed by atoms with van der Waals surface area (Å²) in [7, 11) is 0. The highest BCUT2D eigenvalue weighted by Gasteiger charge is 2.37. The number of halogens is 3. The molecule has 1 saturated heterocycles. The molecule has 4 rings (SSSR count). The van der Waals surface area contributed by atoms with Gasteiger partial charge in [0.05, 0.1) is 16.5 Å². The van der Waals surface area contributed by atoms with Gasteiger partial charge in [0, 0.05) is 25.6 Å². The minimum atomic E-state index is -4.63. The Labute approximate surface area is 159 Å². The smallest absolute Gasteiger partial charge is 0.356 e. The van der Waals surface area contributed by atoms with E-state index >= 15 is 0 Å². The van der Waals surface area contributed by atoms with Gasteiger partial charge in [0.1, 0.15) is 11.5 Å². The van der Waals surface area contributed by atoms with E-state index in [1.165, 1.54) is 6.07 Å².